The maximum absolute atomic E-state index is 11.9. The van der Waals surface area contributed by atoms with Crippen LogP contribution in [0.4, 0.5) is 5.69 Å². The molecule has 0 spiro atoms. The van der Waals surface area contributed by atoms with Crippen LogP contribution < -0.4 is 15.8 Å². The molecule has 1 unspecified atom stereocenters. The lowest BCUT2D eigenvalue weighted by Gasteiger charge is -2.10. The van der Waals surface area contributed by atoms with Crippen LogP contribution in [0.25, 0.3) is 0 Å². The maximum atomic E-state index is 11.9. The summed E-state index contributed by atoms with van der Waals surface area (Å²) in [4.78, 5) is 12.2. The van der Waals surface area contributed by atoms with Crippen LogP contribution >= 0.6 is 24.0 Å². The molecule has 1 aliphatic rings. The number of carbonyl (C=O) groups excluding carboxylic acids is 1. The van der Waals surface area contributed by atoms with Crippen LogP contribution in [-0.4, -0.2) is 28.5 Å². The monoisotopic (exact) mass is 296 g/mol. The molecule has 4 nitrogen and oxygen atoms in total. The van der Waals surface area contributed by atoms with Crippen LogP contribution in [0.15, 0.2) is 24.3 Å². The van der Waals surface area contributed by atoms with Crippen LogP contribution in [0.1, 0.15) is 12.8 Å². The Labute approximate surface area is 122 Å². The van der Waals surface area contributed by atoms with Crippen molar-refractivity contribution in [3.05, 3.63) is 24.3 Å². The summed E-state index contributed by atoms with van der Waals surface area (Å²) >= 11 is 6.45. The smallest absolute Gasteiger partial charge is 0.237 e. The predicted octanol–water partition coefficient (Wildman–Crippen LogP) is 2.19. The number of nitrogens with one attached hydrogen (secondary N) is 1. The zero-order valence-corrected chi connectivity index (χ0v) is 12.1. The van der Waals surface area contributed by atoms with Crippen LogP contribution in [0.5, 0.6) is 5.75 Å². The second-order valence-corrected chi connectivity index (χ2v) is 6.11. The van der Waals surface area contributed by atoms with Gasteiger partial charge in [0.1, 0.15) is 17.3 Å². The van der Waals surface area contributed by atoms with Gasteiger partial charge in [-0.2, -0.15) is 0 Å². The van der Waals surface area contributed by atoms with Crippen molar-refractivity contribution in [2.24, 2.45) is 5.73 Å². The molecule has 1 aliphatic heterocycles. The zero-order valence-electron chi connectivity index (χ0n) is 10.4. The highest BCUT2D eigenvalue weighted by atomic mass is 32.2. The summed E-state index contributed by atoms with van der Waals surface area (Å²) in [6.45, 7) is 0.222. The molecule has 2 rings (SSSR count). The predicted molar refractivity (Wildman–Crippen MR) is 82.8 cm³/mol. The molecule has 1 amide bonds. The number of amides is 1. The van der Waals surface area contributed by atoms with E-state index in [0.29, 0.717) is 10.7 Å². The summed E-state index contributed by atoms with van der Waals surface area (Å²) in [6.07, 6.45) is 2.08. The minimum atomic E-state index is 0.0827. The van der Waals surface area contributed by atoms with Gasteiger partial charge in [0, 0.05) is 5.69 Å². The number of nitrogens with two attached hydrogens (primary N) is 1. The van der Waals surface area contributed by atoms with E-state index in [9.17, 15) is 4.79 Å². The molecule has 3 N–H and O–H groups in total. The minimum Gasteiger partial charge on any atom is -0.487 e. The van der Waals surface area contributed by atoms with Gasteiger partial charge in [0.15, 0.2) is 0 Å². The van der Waals surface area contributed by atoms with E-state index in [1.807, 2.05) is 12.1 Å². The number of ether oxygens (including phenoxy) is 1. The molecule has 6 heteroatoms. The summed E-state index contributed by atoms with van der Waals surface area (Å²) in [5.41, 5.74) is 6.13. The van der Waals surface area contributed by atoms with E-state index in [1.54, 1.807) is 23.9 Å². The Morgan fingerprint density at radius 1 is 1.47 bits per heavy atom. The Kier molecular flexibility index (Phi) is 5.04. The van der Waals surface area contributed by atoms with E-state index < -0.39 is 0 Å². The van der Waals surface area contributed by atoms with Gasteiger partial charge in [-0.1, -0.05) is 12.2 Å². The second-order valence-electron chi connectivity index (χ2n) is 4.27. The van der Waals surface area contributed by atoms with E-state index in [-0.39, 0.29) is 17.8 Å². The first kappa shape index (κ1) is 14.1. The second kappa shape index (κ2) is 6.77. The molecule has 1 saturated heterocycles. The fourth-order valence-corrected chi connectivity index (χ4v) is 3.02. The van der Waals surface area contributed by atoms with Gasteiger partial charge in [-0.15, -0.1) is 11.8 Å². The number of thiocarbonyl (C=S) groups is 1. The molecule has 19 heavy (non-hydrogen) atoms. The van der Waals surface area contributed by atoms with Crippen molar-refractivity contribution >= 4 is 40.6 Å². The van der Waals surface area contributed by atoms with Crippen molar-refractivity contribution in [2.45, 2.75) is 18.1 Å². The lowest BCUT2D eigenvalue weighted by Crippen LogP contribution is -2.22. The Bertz CT molecular complexity index is 456. The zero-order chi connectivity index (χ0) is 13.7. The molecule has 0 saturated carbocycles. The third kappa shape index (κ3) is 4.40. The number of hydrogen-bond acceptors (Lipinski definition) is 4. The van der Waals surface area contributed by atoms with E-state index in [1.165, 1.54) is 0 Å². The average molecular weight is 296 g/mol. The number of anilines is 1. The van der Waals surface area contributed by atoms with Gasteiger partial charge in [-0.25, -0.2) is 0 Å². The average Bonchev–Trinajstić information content (AvgIpc) is 2.92. The highest BCUT2D eigenvalue weighted by Gasteiger charge is 2.23. The maximum Gasteiger partial charge on any atom is 0.237 e. The summed E-state index contributed by atoms with van der Waals surface area (Å²) in [5.74, 6) is 1.84. The molecule has 0 aliphatic carbocycles. The number of rotatable bonds is 5. The lowest BCUT2D eigenvalue weighted by molar-refractivity contribution is -0.115. The number of benzene rings is 1. The third-order valence-corrected chi connectivity index (χ3v) is 4.22. The van der Waals surface area contributed by atoms with E-state index in [4.69, 9.17) is 22.7 Å². The first-order valence-electron chi connectivity index (χ1n) is 6.09. The molecule has 0 radical (unpaired) electrons. The van der Waals surface area contributed by atoms with E-state index in [2.05, 4.69) is 5.32 Å². The molecule has 1 aromatic rings. The quantitative estimate of drug-likeness (QED) is 0.815. The molecule has 1 heterocycles. The topological polar surface area (TPSA) is 64.3 Å². The van der Waals surface area contributed by atoms with Crippen molar-refractivity contribution in [1.82, 2.24) is 0 Å². The molecule has 1 atom stereocenters. The van der Waals surface area contributed by atoms with E-state index in [0.717, 1.165) is 24.3 Å². The summed E-state index contributed by atoms with van der Waals surface area (Å²) in [6, 6.07) is 7.20. The standard InChI is InChI=1S/C13H16N2O2S2/c14-12(18)8-17-10-5-3-9(4-6-10)15-13(16)11-2-1-7-19-11/h3-6,11H,1-2,7-8H2,(H2,14,18)(H,15,16). The van der Waals surface area contributed by atoms with Crippen molar-refractivity contribution in [3.8, 4) is 5.75 Å². The van der Waals surface area contributed by atoms with E-state index >= 15 is 0 Å². The van der Waals surface area contributed by atoms with Crippen molar-refractivity contribution in [3.63, 3.8) is 0 Å². The molecular formula is C13H16N2O2S2. The van der Waals surface area contributed by atoms with Crippen molar-refractivity contribution in [1.29, 1.82) is 0 Å². The number of thioether (sulfide) groups is 1. The Morgan fingerprint density at radius 3 is 2.79 bits per heavy atom. The first-order valence-corrected chi connectivity index (χ1v) is 7.54. The molecule has 1 aromatic carbocycles. The van der Waals surface area contributed by atoms with Gasteiger partial charge in [-0.05, 0) is 42.9 Å². The Morgan fingerprint density at radius 2 is 2.21 bits per heavy atom. The summed E-state index contributed by atoms with van der Waals surface area (Å²) in [7, 11) is 0. The number of carbonyl (C=O) groups is 1. The van der Waals surface area contributed by atoms with Crippen molar-refractivity contribution in [2.75, 3.05) is 17.7 Å². The lowest BCUT2D eigenvalue weighted by atomic mass is 10.2. The summed E-state index contributed by atoms with van der Waals surface area (Å²) in [5, 5.41) is 3.00. The Balaban J connectivity index is 1.87. The fraction of sp³-hybridized carbons (Fsp3) is 0.385. The normalized spacial score (nSPS) is 18.0. The Hall–Kier alpha value is -1.27. The fourth-order valence-electron chi connectivity index (χ4n) is 1.80. The molecule has 102 valence electrons. The van der Waals surface area contributed by atoms with Gasteiger partial charge in [0.2, 0.25) is 5.91 Å². The van der Waals surface area contributed by atoms with Gasteiger partial charge >= 0.3 is 0 Å². The molecule has 0 aromatic heterocycles. The molecule has 0 bridgehead atoms. The van der Waals surface area contributed by atoms with Crippen molar-refractivity contribution < 1.29 is 9.53 Å². The largest absolute Gasteiger partial charge is 0.487 e. The van der Waals surface area contributed by atoms with Crippen LogP contribution in [-0.2, 0) is 4.79 Å². The van der Waals surface area contributed by atoms with Crippen LogP contribution in [0, 0.1) is 0 Å². The SMILES string of the molecule is NC(=S)COc1ccc(NC(=O)C2CCCS2)cc1. The van der Waals surface area contributed by atoms with Gasteiger partial charge in [-0.3, -0.25) is 4.79 Å². The highest BCUT2D eigenvalue weighted by Crippen LogP contribution is 2.27. The van der Waals surface area contributed by atoms with Gasteiger partial charge < -0.3 is 15.8 Å². The van der Waals surface area contributed by atoms with Crippen LogP contribution in [0.2, 0.25) is 0 Å². The highest BCUT2D eigenvalue weighted by molar-refractivity contribution is 8.00. The minimum absolute atomic E-state index is 0.0827. The molecular weight excluding hydrogens is 280 g/mol. The first-order chi connectivity index (χ1) is 9.15. The van der Waals surface area contributed by atoms with Gasteiger partial charge in [0.05, 0.1) is 5.25 Å². The van der Waals surface area contributed by atoms with Gasteiger partial charge in [0.25, 0.3) is 0 Å². The van der Waals surface area contributed by atoms with Crippen LogP contribution in [0.3, 0.4) is 0 Å². The third-order valence-electron chi connectivity index (χ3n) is 2.73. The number of hydrogen-bond donors (Lipinski definition) is 2. The molecule has 1 fully saturated rings. The summed E-state index contributed by atoms with van der Waals surface area (Å²) < 4.78 is 5.34.